The SMILES string of the molecule is CC1CCC(NC(=O)c2cc(S(=O)(=O)N3CCCCC3)cn2C)CC1. The topological polar surface area (TPSA) is 71.4 Å². The fraction of sp³-hybridized carbons (Fsp3) is 0.722. The van der Waals surface area contributed by atoms with Gasteiger partial charge in [-0.15, -0.1) is 0 Å². The molecule has 1 saturated heterocycles. The Bertz CT molecular complexity index is 712. The van der Waals surface area contributed by atoms with Gasteiger partial charge in [0.2, 0.25) is 10.0 Å². The second-order valence-corrected chi connectivity index (χ2v) is 9.50. The molecule has 1 aromatic rings. The van der Waals surface area contributed by atoms with Crippen LogP contribution in [-0.2, 0) is 17.1 Å². The second-order valence-electron chi connectivity index (χ2n) is 7.57. The highest BCUT2D eigenvalue weighted by atomic mass is 32.2. The van der Waals surface area contributed by atoms with Crippen molar-refractivity contribution in [1.29, 1.82) is 0 Å². The van der Waals surface area contributed by atoms with Crippen molar-refractivity contribution in [2.75, 3.05) is 13.1 Å². The third-order valence-electron chi connectivity index (χ3n) is 5.52. The molecule has 0 radical (unpaired) electrons. The number of hydrogen-bond donors (Lipinski definition) is 1. The molecule has 0 spiro atoms. The van der Waals surface area contributed by atoms with Gasteiger partial charge in [-0.25, -0.2) is 8.42 Å². The molecule has 0 aromatic carbocycles. The van der Waals surface area contributed by atoms with Crippen molar-refractivity contribution < 1.29 is 13.2 Å². The van der Waals surface area contributed by atoms with Gasteiger partial charge in [-0.1, -0.05) is 13.3 Å². The minimum absolute atomic E-state index is 0.179. The highest BCUT2D eigenvalue weighted by molar-refractivity contribution is 7.89. The lowest BCUT2D eigenvalue weighted by molar-refractivity contribution is 0.0914. The normalized spacial score (nSPS) is 25.7. The monoisotopic (exact) mass is 367 g/mol. The van der Waals surface area contributed by atoms with E-state index in [9.17, 15) is 13.2 Å². The number of carbonyl (C=O) groups excluding carboxylic acids is 1. The molecule has 1 aromatic heterocycles. The van der Waals surface area contributed by atoms with Crippen LogP contribution in [0, 0.1) is 5.92 Å². The Hall–Kier alpha value is -1.34. The highest BCUT2D eigenvalue weighted by Crippen LogP contribution is 2.25. The van der Waals surface area contributed by atoms with E-state index >= 15 is 0 Å². The van der Waals surface area contributed by atoms with Crippen molar-refractivity contribution in [3.63, 3.8) is 0 Å². The van der Waals surface area contributed by atoms with Gasteiger partial charge in [0.15, 0.2) is 0 Å². The first-order valence-electron chi connectivity index (χ1n) is 9.35. The predicted octanol–water partition coefficient (Wildman–Crippen LogP) is 2.51. The van der Waals surface area contributed by atoms with Crippen molar-refractivity contribution in [2.24, 2.45) is 13.0 Å². The molecular weight excluding hydrogens is 338 g/mol. The number of rotatable bonds is 4. The van der Waals surface area contributed by atoms with Gasteiger partial charge in [0.05, 0.1) is 0 Å². The minimum atomic E-state index is -3.51. The standard InChI is InChI=1S/C18H29N3O3S/c1-14-6-8-15(9-7-14)19-18(22)17-12-16(13-20(17)2)25(23,24)21-10-4-3-5-11-21/h12-15H,3-11H2,1-2H3,(H,19,22). The fourth-order valence-corrected chi connectivity index (χ4v) is 5.41. The quantitative estimate of drug-likeness (QED) is 0.889. The first-order chi connectivity index (χ1) is 11.9. The van der Waals surface area contributed by atoms with Gasteiger partial charge < -0.3 is 9.88 Å². The van der Waals surface area contributed by atoms with Crippen LogP contribution in [0.1, 0.15) is 62.4 Å². The van der Waals surface area contributed by atoms with Crippen LogP contribution in [0.15, 0.2) is 17.2 Å². The largest absolute Gasteiger partial charge is 0.348 e. The third-order valence-corrected chi connectivity index (χ3v) is 7.38. The first kappa shape index (κ1) is 18.5. The number of aromatic nitrogens is 1. The summed E-state index contributed by atoms with van der Waals surface area (Å²) in [4.78, 5) is 12.8. The molecule has 0 bridgehead atoms. The Kier molecular flexibility index (Phi) is 5.53. The molecule has 140 valence electrons. The summed E-state index contributed by atoms with van der Waals surface area (Å²) in [6.07, 6.45) is 8.70. The van der Waals surface area contributed by atoms with E-state index in [0.717, 1.165) is 50.9 Å². The molecule has 2 aliphatic rings. The average molecular weight is 368 g/mol. The van der Waals surface area contributed by atoms with E-state index in [1.807, 2.05) is 0 Å². The van der Waals surface area contributed by atoms with E-state index in [-0.39, 0.29) is 16.8 Å². The van der Waals surface area contributed by atoms with Crippen LogP contribution in [0.25, 0.3) is 0 Å². The van der Waals surface area contributed by atoms with E-state index in [1.165, 1.54) is 10.4 Å². The summed E-state index contributed by atoms with van der Waals surface area (Å²) < 4.78 is 28.7. The van der Waals surface area contributed by atoms with Crippen molar-refractivity contribution >= 4 is 15.9 Å². The van der Waals surface area contributed by atoms with Gasteiger partial charge in [0.1, 0.15) is 10.6 Å². The van der Waals surface area contributed by atoms with Crippen LogP contribution < -0.4 is 5.32 Å². The Morgan fingerprint density at radius 1 is 1.12 bits per heavy atom. The van der Waals surface area contributed by atoms with Crippen LogP contribution in [0.5, 0.6) is 0 Å². The van der Waals surface area contributed by atoms with Gasteiger partial charge in [-0.05, 0) is 50.5 Å². The Morgan fingerprint density at radius 3 is 2.40 bits per heavy atom. The molecule has 25 heavy (non-hydrogen) atoms. The van der Waals surface area contributed by atoms with E-state index < -0.39 is 10.0 Å². The first-order valence-corrected chi connectivity index (χ1v) is 10.8. The minimum Gasteiger partial charge on any atom is -0.348 e. The van der Waals surface area contributed by atoms with Crippen molar-refractivity contribution in [3.05, 3.63) is 18.0 Å². The fourth-order valence-electron chi connectivity index (χ4n) is 3.82. The van der Waals surface area contributed by atoms with E-state index in [4.69, 9.17) is 0 Å². The molecule has 0 unspecified atom stereocenters. The number of hydrogen-bond acceptors (Lipinski definition) is 3. The summed E-state index contributed by atoms with van der Waals surface area (Å²) in [6.45, 7) is 3.38. The maximum absolute atomic E-state index is 12.8. The molecule has 1 saturated carbocycles. The van der Waals surface area contributed by atoms with E-state index in [2.05, 4.69) is 12.2 Å². The summed E-state index contributed by atoms with van der Waals surface area (Å²) >= 11 is 0. The van der Waals surface area contributed by atoms with Crippen LogP contribution in [0.4, 0.5) is 0 Å². The van der Waals surface area contributed by atoms with Crippen molar-refractivity contribution in [3.8, 4) is 0 Å². The van der Waals surface area contributed by atoms with Crippen LogP contribution in [-0.4, -0.2) is 42.3 Å². The van der Waals surface area contributed by atoms with Crippen LogP contribution in [0.2, 0.25) is 0 Å². The Balaban J connectivity index is 1.72. The summed E-state index contributed by atoms with van der Waals surface area (Å²) in [5, 5.41) is 3.07. The Labute approximate surface area is 150 Å². The third kappa shape index (κ3) is 4.08. The summed E-state index contributed by atoms with van der Waals surface area (Å²) in [5.41, 5.74) is 0.411. The number of sulfonamides is 1. The van der Waals surface area contributed by atoms with Gasteiger partial charge in [0, 0.05) is 32.4 Å². The lowest BCUT2D eigenvalue weighted by atomic mass is 9.87. The molecule has 2 heterocycles. The lowest BCUT2D eigenvalue weighted by Crippen LogP contribution is -2.38. The van der Waals surface area contributed by atoms with E-state index in [1.54, 1.807) is 17.8 Å². The van der Waals surface area contributed by atoms with E-state index in [0.29, 0.717) is 18.8 Å². The van der Waals surface area contributed by atoms with Crippen LogP contribution in [0.3, 0.4) is 0 Å². The number of nitrogens with zero attached hydrogens (tertiary/aromatic N) is 2. The molecule has 1 aliphatic heterocycles. The zero-order valence-electron chi connectivity index (χ0n) is 15.2. The van der Waals surface area contributed by atoms with Crippen molar-refractivity contribution in [1.82, 2.24) is 14.2 Å². The molecule has 1 aliphatic carbocycles. The Morgan fingerprint density at radius 2 is 1.76 bits per heavy atom. The van der Waals surface area contributed by atoms with Gasteiger partial charge in [-0.2, -0.15) is 4.31 Å². The summed E-state index contributed by atoms with van der Waals surface area (Å²) in [5.74, 6) is 0.548. The lowest BCUT2D eigenvalue weighted by Gasteiger charge is -2.26. The van der Waals surface area contributed by atoms with Crippen molar-refractivity contribution in [2.45, 2.75) is 62.8 Å². The smallest absolute Gasteiger partial charge is 0.268 e. The molecule has 7 heteroatoms. The molecule has 1 amide bonds. The molecule has 2 fully saturated rings. The highest BCUT2D eigenvalue weighted by Gasteiger charge is 2.29. The second kappa shape index (κ2) is 7.50. The molecule has 0 atom stereocenters. The number of amides is 1. The average Bonchev–Trinajstić information content (AvgIpc) is 3.00. The van der Waals surface area contributed by atoms with Gasteiger partial charge in [-0.3, -0.25) is 4.79 Å². The molecule has 6 nitrogen and oxygen atoms in total. The van der Waals surface area contributed by atoms with Crippen LogP contribution >= 0.6 is 0 Å². The number of aryl methyl sites for hydroxylation is 1. The van der Waals surface area contributed by atoms with Gasteiger partial charge >= 0.3 is 0 Å². The summed E-state index contributed by atoms with van der Waals surface area (Å²) in [7, 11) is -1.78. The number of nitrogens with one attached hydrogen (secondary N) is 1. The molecule has 1 N–H and O–H groups in total. The maximum Gasteiger partial charge on any atom is 0.268 e. The van der Waals surface area contributed by atoms with Gasteiger partial charge in [0.25, 0.3) is 5.91 Å². The predicted molar refractivity (Wildman–Crippen MR) is 96.9 cm³/mol. The number of piperidine rings is 1. The molecular formula is C18H29N3O3S. The maximum atomic E-state index is 12.8. The molecule has 3 rings (SSSR count). The zero-order valence-corrected chi connectivity index (χ0v) is 16.0. The number of carbonyl (C=O) groups is 1. The zero-order chi connectivity index (χ0) is 18.0. The summed E-state index contributed by atoms with van der Waals surface area (Å²) in [6, 6.07) is 1.71.